The van der Waals surface area contributed by atoms with Crippen molar-refractivity contribution in [3.63, 3.8) is 0 Å². The number of ether oxygens (including phenoxy) is 1. The fourth-order valence-electron chi connectivity index (χ4n) is 3.34. The van der Waals surface area contributed by atoms with E-state index in [1.54, 1.807) is 49.5 Å². The molecular formula is C25H23Cl3N2O3. The minimum atomic E-state index is -0.786. The summed E-state index contributed by atoms with van der Waals surface area (Å²) in [7, 11) is 1.54. The molecule has 0 aliphatic carbocycles. The van der Waals surface area contributed by atoms with E-state index in [4.69, 9.17) is 39.5 Å². The standard InChI is InChI=1S/C25H23Cl3N2O3/c1-29-25(32)22(13-17-7-3-2-4-8-17)30(15-18-11-12-19(26)14-21(18)28)24(31)16-33-23-10-6-5-9-20(23)27/h2-12,14,22H,13,15-16H2,1H3,(H,29,32)/t22-/m0/s1. The van der Waals surface area contributed by atoms with Crippen LogP contribution in [-0.2, 0) is 22.6 Å². The van der Waals surface area contributed by atoms with Crippen molar-refractivity contribution in [3.8, 4) is 5.75 Å². The van der Waals surface area contributed by atoms with Crippen molar-refractivity contribution >= 4 is 46.6 Å². The van der Waals surface area contributed by atoms with Gasteiger partial charge in [-0.1, -0.05) is 83.3 Å². The molecule has 172 valence electrons. The third-order valence-electron chi connectivity index (χ3n) is 5.06. The second-order valence-corrected chi connectivity index (χ2v) is 8.55. The minimum Gasteiger partial charge on any atom is -0.482 e. The SMILES string of the molecule is CNC(=O)[C@H](Cc1ccccc1)N(Cc1ccc(Cl)cc1Cl)C(=O)COc1ccccc1Cl. The summed E-state index contributed by atoms with van der Waals surface area (Å²) >= 11 is 18.6. The molecule has 0 aliphatic rings. The summed E-state index contributed by atoms with van der Waals surface area (Å²) in [6.07, 6.45) is 0.323. The molecule has 2 amide bonds. The van der Waals surface area contributed by atoms with Gasteiger partial charge < -0.3 is 15.0 Å². The number of carbonyl (C=O) groups is 2. The Labute approximate surface area is 208 Å². The van der Waals surface area contributed by atoms with Gasteiger partial charge in [-0.2, -0.15) is 0 Å². The molecule has 3 aromatic carbocycles. The van der Waals surface area contributed by atoms with Gasteiger partial charge in [-0.3, -0.25) is 9.59 Å². The van der Waals surface area contributed by atoms with Crippen LogP contribution in [0.15, 0.2) is 72.8 Å². The Morgan fingerprint density at radius 3 is 2.30 bits per heavy atom. The average molecular weight is 506 g/mol. The maximum absolute atomic E-state index is 13.4. The summed E-state index contributed by atoms with van der Waals surface area (Å²) in [6, 6.07) is 20.6. The summed E-state index contributed by atoms with van der Waals surface area (Å²) in [5.74, 6) is -0.294. The van der Waals surface area contributed by atoms with Crippen molar-refractivity contribution in [1.82, 2.24) is 10.2 Å². The Morgan fingerprint density at radius 1 is 0.939 bits per heavy atom. The fraction of sp³-hybridized carbons (Fsp3) is 0.200. The number of likely N-dealkylation sites (N-methyl/N-ethyl adjacent to an activating group) is 1. The van der Waals surface area contributed by atoms with E-state index < -0.39 is 6.04 Å². The smallest absolute Gasteiger partial charge is 0.261 e. The summed E-state index contributed by atoms with van der Waals surface area (Å²) in [5, 5.41) is 3.95. The molecule has 1 N–H and O–H groups in total. The number of benzene rings is 3. The number of amides is 2. The summed E-state index contributed by atoms with van der Waals surface area (Å²) < 4.78 is 5.67. The Kier molecular flexibility index (Phi) is 9.01. The molecular weight excluding hydrogens is 483 g/mol. The van der Waals surface area contributed by atoms with Crippen LogP contribution in [0.3, 0.4) is 0 Å². The maximum Gasteiger partial charge on any atom is 0.261 e. The number of nitrogens with one attached hydrogen (secondary N) is 1. The van der Waals surface area contributed by atoms with Crippen molar-refractivity contribution in [2.75, 3.05) is 13.7 Å². The first-order chi connectivity index (χ1) is 15.9. The lowest BCUT2D eigenvalue weighted by molar-refractivity contribution is -0.142. The van der Waals surface area contributed by atoms with Gasteiger partial charge in [0.15, 0.2) is 6.61 Å². The van der Waals surface area contributed by atoms with Crippen LogP contribution in [0.5, 0.6) is 5.75 Å². The second kappa shape index (κ2) is 11.9. The molecule has 3 rings (SSSR count). The molecule has 0 saturated heterocycles. The number of nitrogens with zero attached hydrogens (tertiary/aromatic N) is 1. The van der Waals surface area contributed by atoms with Crippen LogP contribution < -0.4 is 10.1 Å². The van der Waals surface area contributed by atoms with Crippen molar-refractivity contribution in [3.05, 3.63) is 99.0 Å². The average Bonchev–Trinajstić information content (AvgIpc) is 2.82. The maximum atomic E-state index is 13.4. The van der Waals surface area contributed by atoms with Gasteiger partial charge in [0.25, 0.3) is 5.91 Å². The van der Waals surface area contributed by atoms with Gasteiger partial charge in [0.2, 0.25) is 5.91 Å². The number of halogens is 3. The highest BCUT2D eigenvalue weighted by Crippen LogP contribution is 2.25. The van der Waals surface area contributed by atoms with Gasteiger partial charge in [0.05, 0.1) is 5.02 Å². The first kappa shape index (κ1) is 24.9. The van der Waals surface area contributed by atoms with Crippen molar-refractivity contribution in [1.29, 1.82) is 0 Å². The number of hydrogen-bond donors (Lipinski definition) is 1. The molecule has 0 fully saturated rings. The molecule has 0 heterocycles. The molecule has 33 heavy (non-hydrogen) atoms. The molecule has 0 bridgehead atoms. The zero-order chi connectivity index (χ0) is 23.8. The van der Waals surface area contributed by atoms with Crippen molar-refractivity contribution < 1.29 is 14.3 Å². The predicted molar refractivity (Wildman–Crippen MR) is 132 cm³/mol. The highest BCUT2D eigenvalue weighted by Gasteiger charge is 2.30. The van der Waals surface area contributed by atoms with Crippen LogP contribution in [0.1, 0.15) is 11.1 Å². The topological polar surface area (TPSA) is 58.6 Å². The van der Waals surface area contributed by atoms with E-state index in [1.165, 1.54) is 4.90 Å². The lowest BCUT2D eigenvalue weighted by atomic mass is 10.0. The zero-order valence-corrected chi connectivity index (χ0v) is 20.2. The lowest BCUT2D eigenvalue weighted by Crippen LogP contribution is -2.51. The summed E-state index contributed by atoms with van der Waals surface area (Å²) in [5.41, 5.74) is 1.58. The Bertz CT molecular complexity index is 1110. The van der Waals surface area contributed by atoms with Crippen molar-refractivity contribution in [2.24, 2.45) is 0 Å². The minimum absolute atomic E-state index is 0.103. The van der Waals surface area contributed by atoms with Crippen LogP contribution in [0, 0.1) is 0 Å². The van der Waals surface area contributed by atoms with Gasteiger partial charge in [0, 0.05) is 30.1 Å². The van der Waals surface area contributed by atoms with Crippen LogP contribution >= 0.6 is 34.8 Å². The van der Waals surface area contributed by atoms with E-state index in [0.29, 0.717) is 32.8 Å². The van der Waals surface area contributed by atoms with E-state index in [1.807, 2.05) is 30.3 Å². The summed E-state index contributed by atoms with van der Waals surface area (Å²) in [4.78, 5) is 27.7. The Morgan fingerprint density at radius 2 is 1.64 bits per heavy atom. The molecule has 0 radical (unpaired) electrons. The van der Waals surface area contributed by atoms with Gasteiger partial charge in [0.1, 0.15) is 11.8 Å². The van der Waals surface area contributed by atoms with E-state index in [0.717, 1.165) is 5.56 Å². The quantitative estimate of drug-likeness (QED) is 0.423. The summed E-state index contributed by atoms with van der Waals surface area (Å²) in [6.45, 7) is -0.192. The third-order valence-corrected chi connectivity index (χ3v) is 5.96. The fourth-order valence-corrected chi connectivity index (χ4v) is 4.00. The first-order valence-corrected chi connectivity index (χ1v) is 11.4. The lowest BCUT2D eigenvalue weighted by Gasteiger charge is -2.31. The molecule has 8 heteroatoms. The normalized spacial score (nSPS) is 11.5. The molecule has 1 atom stereocenters. The Hall–Kier alpha value is -2.73. The molecule has 5 nitrogen and oxygen atoms in total. The highest BCUT2D eigenvalue weighted by molar-refractivity contribution is 6.35. The van der Waals surface area contributed by atoms with E-state index in [-0.39, 0.29) is 25.0 Å². The predicted octanol–water partition coefficient (Wildman–Crippen LogP) is 5.41. The van der Waals surface area contributed by atoms with Crippen LogP contribution in [0.2, 0.25) is 15.1 Å². The largest absolute Gasteiger partial charge is 0.482 e. The van der Waals surface area contributed by atoms with Gasteiger partial charge in [-0.25, -0.2) is 0 Å². The van der Waals surface area contributed by atoms with Crippen molar-refractivity contribution in [2.45, 2.75) is 19.0 Å². The van der Waals surface area contributed by atoms with E-state index in [2.05, 4.69) is 5.32 Å². The number of hydrogen-bond acceptors (Lipinski definition) is 3. The molecule has 0 aliphatic heterocycles. The number of para-hydroxylation sites is 1. The third kappa shape index (κ3) is 6.87. The van der Waals surface area contributed by atoms with Crippen LogP contribution in [-0.4, -0.2) is 36.4 Å². The number of carbonyl (C=O) groups excluding carboxylic acids is 2. The van der Waals surface area contributed by atoms with Crippen LogP contribution in [0.25, 0.3) is 0 Å². The van der Waals surface area contributed by atoms with Gasteiger partial charge in [-0.05, 0) is 35.4 Å². The van der Waals surface area contributed by atoms with Crippen LogP contribution in [0.4, 0.5) is 0 Å². The molecule has 3 aromatic rings. The first-order valence-electron chi connectivity index (χ1n) is 10.2. The molecule has 0 aromatic heterocycles. The molecule has 0 unspecified atom stereocenters. The monoisotopic (exact) mass is 504 g/mol. The zero-order valence-electron chi connectivity index (χ0n) is 17.9. The highest BCUT2D eigenvalue weighted by atomic mass is 35.5. The van der Waals surface area contributed by atoms with Gasteiger partial charge in [-0.15, -0.1) is 0 Å². The van der Waals surface area contributed by atoms with E-state index in [9.17, 15) is 9.59 Å². The second-order valence-electron chi connectivity index (χ2n) is 7.30. The van der Waals surface area contributed by atoms with E-state index >= 15 is 0 Å². The molecule has 0 saturated carbocycles. The van der Waals surface area contributed by atoms with Gasteiger partial charge >= 0.3 is 0 Å². The number of rotatable bonds is 9. The Balaban J connectivity index is 1.91. The molecule has 0 spiro atoms.